The molecule has 33 heavy (non-hydrogen) atoms. The summed E-state index contributed by atoms with van der Waals surface area (Å²) < 4.78 is 15.8. The van der Waals surface area contributed by atoms with E-state index in [0.29, 0.717) is 0 Å². The van der Waals surface area contributed by atoms with Crippen LogP contribution in [-0.4, -0.2) is 26.0 Å². The first-order valence-corrected chi connectivity index (χ1v) is 11.7. The largest absolute Gasteiger partial charge is 0.355 e. The van der Waals surface area contributed by atoms with Crippen LogP contribution in [0.4, 0.5) is 4.39 Å². The molecule has 2 aliphatic rings. The van der Waals surface area contributed by atoms with Crippen LogP contribution in [0.1, 0.15) is 45.1 Å². The minimum atomic E-state index is -0.231. The Bertz CT molecular complexity index is 1330. The van der Waals surface area contributed by atoms with Gasteiger partial charge in [-0.05, 0) is 74.4 Å². The molecule has 168 valence electrons. The third kappa shape index (κ3) is 3.84. The number of nitrogens with one attached hydrogen (secondary N) is 2. The number of rotatable bonds is 5. The van der Waals surface area contributed by atoms with Gasteiger partial charge in [0.2, 0.25) is 5.91 Å². The van der Waals surface area contributed by atoms with Crippen LogP contribution in [0.2, 0.25) is 0 Å². The Labute approximate surface area is 192 Å². The molecule has 2 aromatic carbocycles. The van der Waals surface area contributed by atoms with Crippen molar-refractivity contribution < 1.29 is 9.18 Å². The van der Waals surface area contributed by atoms with E-state index in [4.69, 9.17) is 0 Å². The summed E-state index contributed by atoms with van der Waals surface area (Å²) in [5.74, 6) is 0.0589. The Morgan fingerprint density at radius 1 is 1.12 bits per heavy atom. The number of carbonyl (C=O) groups excluding carboxylic acids is 1. The molecule has 5 nitrogen and oxygen atoms in total. The van der Waals surface area contributed by atoms with Crippen molar-refractivity contribution in [3.8, 4) is 22.5 Å². The molecule has 1 amide bonds. The van der Waals surface area contributed by atoms with Crippen molar-refractivity contribution in [2.24, 2.45) is 5.92 Å². The van der Waals surface area contributed by atoms with Crippen LogP contribution >= 0.6 is 0 Å². The molecule has 6 rings (SSSR count). The number of carbonyl (C=O) groups is 1. The lowest BCUT2D eigenvalue weighted by Crippen LogP contribution is -2.38. The maximum atomic E-state index is 13.5. The van der Waals surface area contributed by atoms with Crippen LogP contribution in [0.15, 0.2) is 61.1 Å². The minimum absolute atomic E-state index is 0.0379. The summed E-state index contributed by atoms with van der Waals surface area (Å²) in [5.41, 5.74) is 5.13. The molecule has 0 bridgehead atoms. The maximum absolute atomic E-state index is 13.5. The number of amides is 1. The summed E-state index contributed by atoms with van der Waals surface area (Å²) in [6.07, 6.45) is 8.74. The summed E-state index contributed by atoms with van der Waals surface area (Å²) in [4.78, 5) is 20.5. The second kappa shape index (κ2) is 7.58. The average Bonchev–Trinajstić information content (AvgIpc) is 3.26. The molecule has 2 heterocycles. The molecule has 2 fully saturated rings. The highest BCUT2D eigenvalue weighted by Gasteiger charge is 2.41. The van der Waals surface area contributed by atoms with E-state index in [1.807, 2.05) is 18.6 Å². The van der Waals surface area contributed by atoms with Crippen LogP contribution in [0.5, 0.6) is 0 Å². The first kappa shape index (κ1) is 20.2. The number of halogens is 1. The monoisotopic (exact) mass is 442 g/mol. The second-order valence-corrected chi connectivity index (χ2v) is 9.89. The predicted molar refractivity (Wildman–Crippen MR) is 127 cm³/mol. The van der Waals surface area contributed by atoms with Gasteiger partial charge in [-0.2, -0.15) is 0 Å². The highest BCUT2D eigenvalue weighted by molar-refractivity contribution is 5.86. The van der Waals surface area contributed by atoms with Gasteiger partial charge < -0.3 is 14.9 Å². The Morgan fingerprint density at radius 3 is 2.70 bits per heavy atom. The first-order chi connectivity index (χ1) is 16.0. The number of H-pyrrole nitrogens is 1. The van der Waals surface area contributed by atoms with E-state index >= 15 is 0 Å². The Hall–Kier alpha value is -3.41. The molecular formula is C27H27FN4O. The number of imidazole rings is 1. The van der Waals surface area contributed by atoms with Crippen molar-refractivity contribution in [2.75, 3.05) is 0 Å². The molecule has 2 aliphatic carbocycles. The SMILES string of the molecule is CC1(NC(=O)[C@H]2CC[C@@H](n3cncc3-c3ccc(-c4cc5cc(F)ccc5[nH]4)cc3)C2)CC1. The molecule has 2 N–H and O–H groups in total. The van der Waals surface area contributed by atoms with Crippen molar-refractivity contribution in [2.45, 2.75) is 50.6 Å². The van der Waals surface area contributed by atoms with Gasteiger partial charge in [-0.3, -0.25) is 4.79 Å². The molecule has 2 atom stereocenters. The lowest BCUT2D eigenvalue weighted by atomic mass is 10.1. The maximum Gasteiger partial charge on any atom is 0.223 e. The van der Waals surface area contributed by atoms with Gasteiger partial charge in [-0.1, -0.05) is 24.3 Å². The lowest BCUT2D eigenvalue weighted by molar-refractivity contribution is -0.125. The van der Waals surface area contributed by atoms with Crippen molar-refractivity contribution in [1.29, 1.82) is 0 Å². The van der Waals surface area contributed by atoms with E-state index in [0.717, 1.165) is 65.5 Å². The molecule has 0 unspecified atom stereocenters. The molecule has 0 aliphatic heterocycles. The van der Waals surface area contributed by atoms with Crippen LogP contribution in [0.3, 0.4) is 0 Å². The molecule has 2 aromatic heterocycles. The Balaban J connectivity index is 1.20. The van der Waals surface area contributed by atoms with Gasteiger partial charge in [0, 0.05) is 34.1 Å². The number of nitrogens with zero attached hydrogens (tertiary/aromatic N) is 2. The van der Waals surface area contributed by atoms with E-state index in [-0.39, 0.29) is 29.2 Å². The predicted octanol–water partition coefficient (Wildman–Crippen LogP) is 5.85. The highest BCUT2D eigenvalue weighted by atomic mass is 19.1. The third-order valence-corrected chi connectivity index (χ3v) is 7.33. The van der Waals surface area contributed by atoms with Gasteiger partial charge in [0.25, 0.3) is 0 Å². The topological polar surface area (TPSA) is 62.7 Å². The molecule has 0 radical (unpaired) electrons. The summed E-state index contributed by atoms with van der Waals surface area (Å²) in [6, 6.07) is 15.4. The third-order valence-electron chi connectivity index (χ3n) is 7.33. The zero-order chi connectivity index (χ0) is 22.6. The van der Waals surface area contributed by atoms with Crippen LogP contribution < -0.4 is 5.32 Å². The minimum Gasteiger partial charge on any atom is -0.355 e. The zero-order valence-electron chi connectivity index (χ0n) is 18.6. The van der Waals surface area contributed by atoms with E-state index in [2.05, 4.69) is 51.0 Å². The highest BCUT2D eigenvalue weighted by Crippen LogP contribution is 2.40. The molecule has 4 aromatic rings. The fourth-order valence-corrected chi connectivity index (χ4v) is 5.06. The number of aromatic nitrogens is 3. The standard InChI is InChI=1S/C27H27FN4O/c1-27(10-11-27)31-26(33)19-6-8-22(13-19)32-16-29-15-25(32)18-4-2-17(3-5-18)24-14-20-12-21(28)7-9-23(20)30-24/h2-5,7,9,12,14-16,19,22,30H,6,8,10-11,13H2,1H3,(H,31,33)/t19-,22+/m0/s1. The molecule has 0 saturated heterocycles. The van der Waals surface area contributed by atoms with E-state index in [9.17, 15) is 9.18 Å². The Kier molecular flexibility index (Phi) is 4.64. The van der Waals surface area contributed by atoms with E-state index in [1.54, 1.807) is 12.1 Å². The van der Waals surface area contributed by atoms with E-state index in [1.165, 1.54) is 6.07 Å². The summed E-state index contributed by atoms with van der Waals surface area (Å²) in [7, 11) is 0. The van der Waals surface area contributed by atoms with Crippen molar-refractivity contribution in [3.05, 3.63) is 66.9 Å². The van der Waals surface area contributed by atoms with Crippen molar-refractivity contribution in [1.82, 2.24) is 19.9 Å². The second-order valence-electron chi connectivity index (χ2n) is 9.89. The van der Waals surface area contributed by atoms with Crippen LogP contribution in [-0.2, 0) is 4.79 Å². The number of aromatic amines is 1. The van der Waals surface area contributed by atoms with Crippen LogP contribution in [0.25, 0.3) is 33.4 Å². The fourth-order valence-electron chi connectivity index (χ4n) is 5.06. The Morgan fingerprint density at radius 2 is 1.91 bits per heavy atom. The van der Waals surface area contributed by atoms with Crippen LogP contribution in [0, 0.1) is 11.7 Å². The smallest absolute Gasteiger partial charge is 0.223 e. The normalized spacial score (nSPS) is 21.4. The summed E-state index contributed by atoms with van der Waals surface area (Å²) in [5, 5.41) is 4.09. The van der Waals surface area contributed by atoms with Gasteiger partial charge in [0.15, 0.2) is 0 Å². The van der Waals surface area contributed by atoms with E-state index < -0.39 is 0 Å². The lowest BCUT2D eigenvalue weighted by Gasteiger charge is -2.18. The van der Waals surface area contributed by atoms with Gasteiger partial charge in [0.05, 0.1) is 18.2 Å². The molecule has 6 heteroatoms. The first-order valence-electron chi connectivity index (χ1n) is 11.7. The number of benzene rings is 2. The van der Waals surface area contributed by atoms with Gasteiger partial charge in [0.1, 0.15) is 5.82 Å². The molecule has 2 saturated carbocycles. The molecular weight excluding hydrogens is 415 g/mol. The fraction of sp³-hybridized carbons (Fsp3) is 0.333. The van der Waals surface area contributed by atoms with Crippen molar-refractivity contribution >= 4 is 16.8 Å². The number of hydrogen-bond acceptors (Lipinski definition) is 2. The zero-order valence-corrected chi connectivity index (χ0v) is 18.6. The molecule has 0 spiro atoms. The van der Waals surface area contributed by atoms with Gasteiger partial charge in [-0.15, -0.1) is 0 Å². The van der Waals surface area contributed by atoms with Gasteiger partial charge in [-0.25, -0.2) is 9.37 Å². The average molecular weight is 443 g/mol. The summed E-state index contributed by atoms with van der Waals surface area (Å²) >= 11 is 0. The van der Waals surface area contributed by atoms with Gasteiger partial charge >= 0.3 is 0 Å². The van der Waals surface area contributed by atoms with Crippen molar-refractivity contribution in [3.63, 3.8) is 0 Å². The number of fused-ring (bicyclic) bond motifs is 1. The number of hydrogen-bond donors (Lipinski definition) is 2. The summed E-state index contributed by atoms with van der Waals surface area (Å²) in [6.45, 7) is 2.13. The quantitative estimate of drug-likeness (QED) is 0.407.